The van der Waals surface area contributed by atoms with Crippen molar-refractivity contribution < 1.29 is 36.7 Å². The minimum atomic E-state index is -4.38. The number of sulfonamides is 1. The van der Waals surface area contributed by atoms with Crippen LogP contribution < -0.4 is 20.9 Å². The number of aromatic nitrogens is 2. The van der Waals surface area contributed by atoms with Gasteiger partial charge in [0.15, 0.2) is 5.82 Å². The highest BCUT2D eigenvalue weighted by molar-refractivity contribution is 7.89. The van der Waals surface area contributed by atoms with Crippen molar-refractivity contribution in [3.05, 3.63) is 64.4 Å². The number of nitrogens with two attached hydrogens (primary N) is 1. The van der Waals surface area contributed by atoms with Gasteiger partial charge in [-0.1, -0.05) is 13.8 Å². The molecule has 2 amide bonds. The number of fused-ring (bicyclic) bond motifs is 1. The Labute approximate surface area is 281 Å². The molecule has 2 aromatic carbocycles. The summed E-state index contributed by atoms with van der Waals surface area (Å²) in [4.78, 5) is 44.5. The van der Waals surface area contributed by atoms with Crippen molar-refractivity contribution in [1.29, 1.82) is 0 Å². The number of anilines is 3. The zero-order valence-corrected chi connectivity index (χ0v) is 28.1. The number of hydrogen-bond acceptors (Lipinski definition) is 9. The molecule has 1 aromatic heterocycles. The van der Waals surface area contributed by atoms with Crippen LogP contribution in [0.4, 0.5) is 26.0 Å². The number of nitrogens with one attached hydrogen (secondary N) is 2. The van der Waals surface area contributed by atoms with E-state index in [2.05, 4.69) is 20.4 Å². The van der Waals surface area contributed by atoms with E-state index in [1.807, 2.05) is 11.9 Å². The van der Waals surface area contributed by atoms with Crippen LogP contribution in [0.2, 0.25) is 0 Å². The molecule has 2 saturated heterocycles. The van der Waals surface area contributed by atoms with Gasteiger partial charge in [0.2, 0.25) is 15.9 Å². The minimum absolute atomic E-state index is 0.0110. The molecule has 3 aliphatic rings. The largest absolute Gasteiger partial charge is 0.480 e. The summed E-state index contributed by atoms with van der Waals surface area (Å²) in [5.41, 5.74) is 6.71. The van der Waals surface area contributed by atoms with E-state index < -0.39 is 55.8 Å². The van der Waals surface area contributed by atoms with E-state index in [4.69, 9.17) is 5.73 Å². The molecule has 6 rings (SSSR count). The highest BCUT2D eigenvalue weighted by Gasteiger charge is 2.41. The average molecular weight is 701 g/mol. The van der Waals surface area contributed by atoms with Crippen LogP contribution in [0.15, 0.2) is 35.2 Å². The molecular weight excluding hydrogens is 662 g/mol. The van der Waals surface area contributed by atoms with E-state index >= 15 is 0 Å². The number of aromatic amines is 1. The average Bonchev–Trinajstić information content (AvgIpc) is 3.68. The van der Waals surface area contributed by atoms with Crippen LogP contribution >= 0.6 is 0 Å². The van der Waals surface area contributed by atoms with Crippen LogP contribution in [0.3, 0.4) is 0 Å². The van der Waals surface area contributed by atoms with Crippen LogP contribution in [0.5, 0.6) is 0 Å². The van der Waals surface area contributed by atoms with E-state index in [1.54, 1.807) is 18.7 Å². The molecule has 0 bridgehead atoms. The summed E-state index contributed by atoms with van der Waals surface area (Å²) in [6.07, 6.45) is 1.03. The van der Waals surface area contributed by atoms with Gasteiger partial charge in [-0.25, -0.2) is 22.0 Å². The Morgan fingerprint density at radius 3 is 2.29 bits per heavy atom. The molecular formula is C32H38F2N8O6S. The van der Waals surface area contributed by atoms with Crippen LogP contribution in [0.1, 0.15) is 58.7 Å². The van der Waals surface area contributed by atoms with Crippen molar-refractivity contribution in [3.63, 3.8) is 0 Å². The molecule has 5 N–H and O–H groups in total. The fraction of sp³-hybridized carbons (Fsp3) is 0.438. The quantitative estimate of drug-likeness (QED) is 0.272. The Morgan fingerprint density at radius 2 is 1.65 bits per heavy atom. The summed E-state index contributed by atoms with van der Waals surface area (Å²) < 4.78 is 56.2. The van der Waals surface area contributed by atoms with Crippen LogP contribution in [-0.4, -0.2) is 103 Å². The number of nitrogens with zero attached hydrogens (tertiary/aromatic N) is 5. The van der Waals surface area contributed by atoms with Crippen molar-refractivity contribution in [3.8, 4) is 0 Å². The fourth-order valence-corrected chi connectivity index (χ4v) is 8.53. The van der Waals surface area contributed by atoms with Gasteiger partial charge in [-0.2, -0.15) is 9.40 Å². The first-order valence-electron chi connectivity index (χ1n) is 15.8. The molecule has 0 spiro atoms. The van der Waals surface area contributed by atoms with Gasteiger partial charge in [0.25, 0.3) is 5.91 Å². The zero-order valence-electron chi connectivity index (χ0n) is 27.3. The Balaban J connectivity index is 1.38. The zero-order chi connectivity index (χ0) is 35.4. The number of amides is 2. The molecule has 0 aliphatic carbocycles. The van der Waals surface area contributed by atoms with E-state index in [-0.39, 0.29) is 30.0 Å². The lowest BCUT2D eigenvalue weighted by Crippen LogP contribution is -2.46. The second kappa shape index (κ2) is 12.7. The molecule has 0 unspecified atom stereocenters. The molecule has 262 valence electrons. The number of benzene rings is 2. The molecule has 14 nitrogen and oxygen atoms in total. The third-order valence-electron chi connectivity index (χ3n) is 9.47. The summed E-state index contributed by atoms with van der Waals surface area (Å²) >= 11 is 0. The van der Waals surface area contributed by atoms with E-state index in [1.165, 1.54) is 12.1 Å². The van der Waals surface area contributed by atoms with Gasteiger partial charge in [0, 0.05) is 68.6 Å². The van der Waals surface area contributed by atoms with Crippen molar-refractivity contribution >= 4 is 45.0 Å². The number of aliphatic carboxylic acids is 1. The highest BCUT2D eigenvalue weighted by atomic mass is 32.2. The molecule has 3 aliphatic heterocycles. The van der Waals surface area contributed by atoms with Gasteiger partial charge < -0.3 is 30.9 Å². The Kier molecular flexibility index (Phi) is 8.87. The number of primary amides is 1. The number of hydrogen-bond donors (Lipinski definition) is 4. The monoisotopic (exact) mass is 700 g/mol. The van der Waals surface area contributed by atoms with Gasteiger partial charge in [-0.3, -0.25) is 14.7 Å². The SMILES string of the molecule is CN1CCN(c2cc(C(N)=O)c(C(=O)Nc3n[nH]c4c3CN(S(=O)(=O)c3cc(F)cc(F)c3)CC4(C)C)cc2N2CCC[C@H]2C(=O)O)CC1. The van der Waals surface area contributed by atoms with Crippen molar-refractivity contribution in [2.75, 3.05) is 61.4 Å². The topological polar surface area (TPSA) is 185 Å². The Bertz CT molecular complexity index is 1920. The predicted octanol–water partition coefficient (Wildman–Crippen LogP) is 2.33. The van der Waals surface area contributed by atoms with E-state index in [0.29, 0.717) is 61.2 Å². The maximum atomic E-state index is 14.0. The number of rotatable bonds is 8. The number of H-pyrrole nitrogens is 1. The molecule has 1 atom stereocenters. The molecule has 0 radical (unpaired) electrons. The molecule has 17 heteroatoms. The van der Waals surface area contributed by atoms with Gasteiger partial charge in [-0.15, -0.1) is 0 Å². The second-order valence-electron chi connectivity index (χ2n) is 13.4. The number of carbonyl (C=O) groups excluding carboxylic acids is 2. The molecule has 3 aromatic rings. The lowest BCUT2D eigenvalue weighted by molar-refractivity contribution is -0.138. The first-order chi connectivity index (χ1) is 23.1. The number of carboxylic acid groups (broad SMARTS) is 1. The van der Waals surface area contributed by atoms with Crippen molar-refractivity contribution in [2.24, 2.45) is 5.73 Å². The molecule has 49 heavy (non-hydrogen) atoms. The minimum Gasteiger partial charge on any atom is -0.480 e. The van der Waals surface area contributed by atoms with Crippen LogP contribution in [-0.2, 0) is 26.8 Å². The molecule has 2 fully saturated rings. The summed E-state index contributed by atoms with van der Waals surface area (Å²) in [7, 11) is -2.39. The van der Waals surface area contributed by atoms with Gasteiger partial charge in [0.05, 0.1) is 27.4 Å². The smallest absolute Gasteiger partial charge is 0.326 e. The van der Waals surface area contributed by atoms with Gasteiger partial charge in [0.1, 0.15) is 17.7 Å². The summed E-state index contributed by atoms with van der Waals surface area (Å²) in [5.74, 6) is -4.74. The number of piperazine rings is 1. The van der Waals surface area contributed by atoms with E-state index in [9.17, 15) is 36.7 Å². The highest BCUT2D eigenvalue weighted by Crippen LogP contribution is 2.40. The Morgan fingerprint density at radius 1 is 1.00 bits per heavy atom. The van der Waals surface area contributed by atoms with Crippen LogP contribution in [0, 0.1) is 11.6 Å². The number of carbonyl (C=O) groups is 3. The third kappa shape index (κ3) is 6.45. The number of halogens is 2. The Hall–Kier alpha value is -4.61. The van der Waals surface area contributed by atoms with Gasteiger partial charge in [-0.05, 0) is 44.2 Å². The normalized spacial score (nSPS) is 19.9. The molecule has 4 heterocycles. The first-order valence-corrected chi connectivity index (χ1v) is 17.3. The first kappa shape index (κ1) is 34.3. The third-order valence-corrected chi connectivity index (χ3v) is 11.2. The summed E-state index contributed by atoms with van der Waals surface area (Å²) in [6, 6.07) is 4.25. The second-order valence-corrected chi connectivity index (χ2v) is 15.3. The number of likely N-dealkylation sites (N-methyl/N-ethyl adjacent to an activating group) is 1. The number of carboxylic acids is 1. The standard InChI is InChI=1S/C32H38F2N8O6S/c1-32(2)17-41(49(47,48)20-12-18(33)11-19(34)13-20)16-23-27(32)37-38-29(23)36-30(44)22-15-26(42-6-4-5-24(42)31(45)46)25(14-21(22)28(35)43)40-9-7-39(3)8-10-40/h11-15,24H,4-10,16-17H2,1-3H3,(H2,35,43)(H,45,46)(H2,36,37,38,44)/t24-/m0/s1. The van der Waals surface area contributed by atoms with Crippen molar-refractivity contribution in [2.45, 2.75) is 49.6 Å². The summed E-state index contributed by atoms with van der Waals surface area (Å²) in [6.45, 7) is 6.28. The fourth-order valence-electron chi connectivity index (χ4n) is 6.92. The maximum absolute atomic E-state index is 14.0. The lowest BCUT2D eigenvalue weighted by atomic mass is 9.84. The molecule has 0 saturated carbocycles. The maximum Gasteiger partial charge on any atom is 0.326 e. The summed E-state index contributed by atoms with van der Waals surface area (Å²) in [5, 5.41) is 19.9. The van der Waals surface area contributed by atoms with Crippen molar-refractivity contribution in [1.82, 2.24) is 19.4 Å². The predicted molar refractivity (Wildman–Crippen MR) is 176 cm³/mol. The van der Waals surface area contributed by atoms with E-state index in [0.717, 1.165) is 29.5 Å². The lowest BCUT2D eigenvalue weighted by Gasteiger charge is -2.37. The van der Waals surface area contributed by atoms with Gasteiger partial charge >= 0.3 is 5.97 Å². The van der Waals surface area contributed by atoms with Crippen LogP contribution in [0.25, 0.3) is 0 Å².